The fourth-order valence-corrected chi connectivity index (χ4v) is 3.05. The van der Waals surface area contributed by atoms with Crippen molar-refractivity contribution in [1.29, 1.82) is 0 Å². The summed E-state index contributed by atoms with van der Waals surface area (Å²) in [4.78, 5) is 26.2. The van der Waals surface area contributed by atoms with E-state index < -0.39 is 0 Å². The Kier molecular flexibility index (Phi) is 6.56. The molecule has 2 aromatic carbocycles. The van der Waals surface area contributed by atoms with E-state index >= 15 is 0 Å². The molecule has 0 aliphatic rings. The molecular formula is C22H28N2O2. The summed E-state index contributed by atoms with van der Waals surface area (Å²) in [5.41, 5.74) is 5.00. The number of anilines is 2. The van der Waals surface area contributed by atoms with Gasteiger partial charge in [-0.1, -0.05) is 49.7 Å². The van der Waals surface area contributed by atoms with Gasteiger partial charge in [0, 0.05) is 31.3 Å². The zero-order valence-corrected chi connectivity index (χ0v) is 16.3. The van der Waals surface area contributed by atoms with Gasteiger partial charge in [-0.25, -0.2) is 0 Å². The van der Waals surface area contributed by atoms with Gasteiger partial charge >= 0.3 is 0 Å². The van der Waals surface area contributed by atoms with Crippen molar-refractivity contribution in [3.63, 3.8) is 0 Å². The maximum absolute atomic E-state index is 12.4. The number of nitrogens with one attached hydrogen (secondary N) is 1. The van der Waals surface area contributed by atoms with E-state index in [0.29, 0.717) is 12.5 Å². The van der Waals surface area contributed by atoms with Crippen LogP contribution in [-0.4, -0.2) is 18.4 Å². The number of carbonyl (C=O) groups excluding carboxylic acids is 2. The lowest BCUT2D eigenvalue weighted by Crippen LogP contribution is -2.32. The molecule has 0 saturated heterocycles. The van der Waals surface area contributed by atoms with Gasteiger partial charge in [0.25, 0.3) is 0 Å². The number of para-hydroxylation sites is 1. The van der Waals surface area contributed by atoms with E-state index in [1.807, 2.05) is 56.3 Å². The van der Waals surface area contributed by atoms with Gasteiger partial charge in [0.2, 0.25) is 11.8 Å². The van der Waals surface area contributed by atoms with Crippen LogP contribution in [0.3, 0.4) is 0 Å². The van der Waals surface area contributed by atoms with Crippen LogP contribution in [0.1, 0.15) is 49.8 Å². The minimum Gasteiger partial charge on any atom is -0.326 e. The van der Waals surface area contributed by atoms with Gasteiger partial charge in [0.15, 0.2) is 0 Å². The second-order valence-electron chi connectivity index (χ2n) is 7.00. The SMILES string of the molecule is CC(=O)N(CCC(=O)Nc1ccc(C)cc1C)c1ccccc1C(C)C. The molecule has 0 unspecified atom stereocenters. The van der Waals surface area contributed by atoms with Crippen LogP contribution in [0.2, 0.25) is 0 Å². The molecule has 26 heavy (non-hydrogen) atoms. The number of hydrogen-bond donors (Lipinski definition) is 1. The van der Waals surface area contributed by atoms with E-state index in [1.54, 1.807) is 11.8 Å². The van der Waals surface area contributed by atoms with E-state index in [1.165, 1.54) is 0 Å². The first-order valence-electron chi connectivity index (χ1n) is 9.03. The summed E-state index contributed by atoms with van der Waals surface area (Å²) in [7, 11) is 0. The second-order valence-corrected chi connectivity index (χ2v) is 7.00. The van der Waals surface area contributed by atoms with Gasteiger partial charge in [-0.2, -0.15) is 0 Å². The number of amides is 2. The average Bonchev–Trinajstić information content (AvgIpc) is 2.57. The lowest BCUT2D eigenvalue weighted by molar-refractivity contribution is -0.117. The number of hydrogen-bond acceptors (Lipinski definition) is 2. The Morgan fingerprint density at radius 2 is 1.77 bits per heavy atom. The number of rotatable bonds is 6. The Labute approximate surface area is 156 Å². The first-order chi connectivity index (χ1) is 12.3. The maximum atomic E-state index is 12.4. The van der Waals surface area contributed by atoms with Crippen LogP contribution in [-0.2, 0) is 9.59 Å². The molecule has 0 radical (unpaired) electrons. The van der Waals surface area contributed by atoms with Crippen LogP contribution in [0.25, 0.3) is 0 Å². The molecule has 0 aromatic heterocycles. The number of aryl methyl sites for hydroxylation is 2. The van der Waals surface area contributed by atoms with Crippen molar-refractivity contribution in [3.8, 4) is 0 Å². The predicted octanol–water partition coefficient (Wildman–Crippen LogP) is 4.81. The Hall–Kier alpha value is -2.62. The lowest BCUT2D eigenvalue weighted by atomic mass is 10.0. The van der Waals surface area contributed by atoms with E-state index in [-0.39, 0.29) is 18.2 Å². The van der Waals surface area contributed by atoms with Crippen LogP contribution in [0.4, 0.5) is 11.4 Å². The third kappa shape index (κ3) is 4.94. The fraction of sp³-hybridized carbons (Fsp3) is 0.364. The zero-order chi connectivity index (χ0) is 19.3. The smallest absolute Gasteiger partial charge is 0.226 e. The second kappa shape index (κ2) is 8.65. The minimum atomic E-state index is -0.0924. The summed E-state index contributed by atoms with van der Waals surface area (Å²) in [5, 5.41) is 2.94. The zero-order valence-electron chi connectivity index (χ0n) is 16.3. The Morgan fingerprint density at radius 3 is 2.38 bits per heavy atom. The van der Waals surface area contributed by atoms with Gasteiger partial charge in [0.1, 0.15) is 0 Å². The average molecular weight is 352 g/mol. The normalized spacial score (nSPS) is 10.7. The molecule has 2 rings (SSSR count). The first kappa shape index (κ1) is 19.7. The van der Waals surface area contributed by atoms with Gasteiger partial charge in [-0.3, -0.25) is 9.59 Å². The molecule has 0 aliphatic carbocycles. The number of carbonyl (C=O) groups is 2. The van der Waals surface area contributed by atoms with E-state index in [9.17, 15) is 9.59 Å². The molecule has 0 fully saturated rings. The quantitative estimate of drug-likeness (QED) is 0.811. The van der Waals surface area contributed by atoms with Crippen molar-refractivity contribution in [2.45, 2.75) is 47.0 Å². The Balaban J connectivity index is 2.09. The lowest BCUT2D eigenvalue weighted by Gasteiger charge is -2.25. The third-order valence-corrected chi connectivity index (χ3v) is 4.45. The van der Waals surface area contributed by atoms with Crippen molar-refractivity contribution in [3.05, 3.63) is 59.2 Å². The van der Waals surface area contributed by atoms with Crippen LogP contribution < -0.4 is 10.2 Å². The molecule has 0 heterocycles. The molecule has 4 heteroatoms. The van der Waals surface area contributed by atoms with Crippen LogP contribution >= 0.6 is 0 Å². The molecule has 2 aromatic rings. The molecule has 0 saturated carbocycles. The Morgan fingerprint density at radius 1 is 1.08 bits per heavy atom. The monoisotopic (exact) mass is 352 g/mol. The summed E-state index contributed by atoms with van der Waals surface area (Å²) in [6.45, 7) is 10.1. The van der Waals surface area contributed by atoms with Gasteiger partial charge in [-0.05, 0) is 43.0 Å². The van der Waals surface area contributed by atoms with Crippen molar-refractivity contribution in [2.75, 3.05) is 16.8 Å². The van der Waals surface area contributed by atoms with Crippen molar-refractivity contribution in [2.24, 2.45) is 0 Å². The molecule has 1 N–H and O–H groups in total. The van der Waals surface area contributed by atoms with Gasteiger partial charge in [-0.15, -0.1) is 0 Å². The summed E-state index contributed by atoms with van der Waals surface area (Å²) >= 11 is 0. The molecular weight excluding hydrogens is 324 g/mol. The molecule has 2 amide bonds. The Bertz CT molecular complexity index is 796. The summed E-state index contributed by atoms with van der Waals surface area (Å²) < 4.78 is 0. The van der Waals surface area contributed by atoms with Crippen LogP contribution in [0.15, 0.2) is 42.5 Å². The molecule has 138 valence electrons. The predicted molar refractivity (Wildman–Crippen MR) is 108 cm³/mol. The summed E-state index contributed by atoms with van der Waals surface area (Å²) in [6, 6.07) is 13.8. The standard InChI is InChI=1S/C22H28N2O2/c1-15(2)19-8-6-7-9-21(19)24(18(5)25)13-12-22(26)23-20-11-10-16(3)14-17(20)4/h6-11,14-15H,12-13H2,1-5H3,(H,23,26). The highest BCUT2D eigenvalue weighted by atomic mass is 16.2. The fourth-order valence-electron chi connectivity index (χ4n) is 3.05. The van der Waals surface area contributed by atoms with Gasteiger partial charge < -0.3 is 10.2 Å². The highest BCUT2D eigenvalue weighted by Gasteiger charge is 2.18. The van der Waals surface area contributed by atoms with Crippen LogP contribution in [0.5, 0.6) is 0 Å². The van der Waals surface area contributed by atoms with E-state index in [2.05, 4.69) is 19.2 Å². The molecule has 4 nitrogen and oxygen atoms in total. The van der Waals surface area contributed by atoms with Crippen molar-refractivity contribution < 1.29 is 9.59 Å². The summed E-state index contributed by atoms with van der Waals surface area (Å²) in [5.74, 6) is 0.153. The largest absolute Gasteiger partial charge is 0.326 e. The van der Waals surface area contributed by atoms with Gasteiger partial charge in [0.05, 0.1) is 0 Å². The topological polar surface area (TPSA) is 49.4 Å². The highest BCUT2D eigenvalue weighted by Crippen LogP contribution is 2.27. The number of benzene rings is 2. The first-order valence-corrected chi connectivity index (χ1v) is 9.03. The summed E-state index contributed by atoms with van der Waals surface area (Å²) in [6.07, 6.45) is 0.249. The van der Waals surface area contributed by atoms with Crippen molar-refractivity contribution >= 4 is 23.2 Å². The van der Waals surface area contributed by atoms with E-state index in [4.69, 9.17) is 0 Å². The maximum Gasteiger partial charge on any atom is 0.226 e. The van der Waals surface area contributed by atoms with Crippen LogP contribution in [0, 0.1) is 13.8 Å². The van der Waals surface area contributed by atoms with E-state index in [0.717, 1.165) is 28.1 Å². The highest BCUT2D eigenvalue weighted by molar-refractivity contribution is 5.95. The molecule has 0 spiro atoms. The minimum absolute atomic E-state index is 0.0579. The third-order valence-electron chi connectivity index (χ3n) is 4.45. The number of nitrogens with zero attached hydrogens (tertiary/aromatic N) is 1. The van der Waals surface area contributed by atoms with Crippen molar-refractivity contribution in [1.82, 2.24) is 0 Å². The molecule has 0 atom stereocenters. The molecule has 0 aliphatic heterocycles. The molecule has 0 bridgehead atoms.